The Morgan fingerprint density at radius 3 is 2.27 bits per heavy atom. The average Bonchev–Trinajstić information content (AvgIpc) is 3.30. The fourth-order valence-corrected chi connectivity index (χ4v) is 6.19. The number of rotatable bonds is 7. The first-order valence-electron chi connectivity index (χ1n) is 9.80. The van der Waals surface area contributed by atoms with Gasteiger partial charge in [-0.2, -0.15) is 4.31 Å². The Hall–Kier alpha value is -2.33. The van der Waals surface area contributed by atoms with Gasteiger partial charge in [0.05, 0.1) is 15.3 Å². The third-order valence-corrected chi connectivity index (χ3v) is 8.63. The van der Waals surface area contributed by atoms with Crippen molar-refractivity contribution in [2.24, 2.45) is 0 Å². The van der Waals surface area contributed by atoms with Crippen molar-refractivity contribution in [2.75, 3.05) is 19.6 Å². The monoisotopic (exact) mass is 445 g/mol. The summed E-state index contributed by atoms with van der Waals surface area (Å²) in [6.07, 6.45) is 3.91. The summed E-state index contributed by atoms with van der Waals surface area (Å²) < 4.78 is 54.4. The Morgan fingerprint density at radius 2 is 1.53 bits per heavy atom. The van der Waals surface area contributed by atoms with Gasteiger partial charge < -0.3 is 0 Å². The lowest BCUT2D eigenvalue weighted by Gasteiger charge is -2.15. The molecular weight excluding hydrogens is 422 g/mol. The summed E-state index contributed by atoms with van der Waals surface area (Å²) >= 11 is 0. The van der Waals surface area contributed by atoms with Gasteiger partial charge >= 0.3 is 0 Å². The third kappa shape index (κ3) is 4.24. The molecule has 3 aromatic rings. The second-order valence-electron chi connectivity index (χ2n) is 7.22. The van der Waals surface area contributed by atoms with Gasteiger partial charge in [0, 0.05) is 31.2 Å². The first-order valence-corrected chi connectivity index (χ1v) is 12.7. The summed E-state index contributed by atoms with van der Waals surface area (Å²) in [6.45, 7) is 1.23. The SMILES string of the molecule is O=S(=O)(NCCc1cccc2cccnc12)c1ccc(S(=O)(=O)N2CCCC2)cc1. The standard InChI is InChI=1S/C21H23N3O4S2/c25-29(26,23-14-12-18-6-3-5-17-7-4-13-22-21(17)18)19-8-10-20(11-9-19)30(27,28)24-15-1-2-16-24/h3-11,13,23H,1-2,12,14-16H2. The summed E-state index contributed by atoms with van der Waals surface area (Å²) in [5.41, 5.74) is 1.82. The number of para-hydroxylation sites is 1. The number of hydrogen-bond acceptors (Lipinski definition) is 5. The Bertz CT molecular complexity index is 1250. The van der Waals surface area contributed by atoms with Crippen molar-refractivity contribution in [2.45, 2.75) is 29.1 Å². The van der Waals surface area contributed by atoms with Crippen molar-refractivity contribution in [1.29, 1.82) is 0 Å². The van der Waals surface area contributed by atoms with E-state index in [1.54, 1.807) is 6.20 Å². The minimum Gasteiger partial charge on any atom is -0.256 e. The molecule has 2 aromatic carbocycles. The number of pyridine rings is 1. The fraction of sp³-hybridized carbons (Fsp3) is 0.286. The second-order valence-corrected chi connectivity index (χ2v) is 10.9. The van der Waals surface area contributed by atoms with Gasteiger partial charge in [-0.3, -0.25) is 4.98 Å². The summed E-state index contributed by atoms with van der Waals surface area (Å²) in [7, 11) is -7.31. The van der Waals surface area contributed by atoms with E-state index in [2.05, 4.69) is 9.71 Å². The molecule has 158 valence electrons. The highest BCUT2D eigenvalue weighted by Crippen LogP contribution is 2.22. The molecule has 0 saturated carbocycles. The lowest BCUT2D eigenvalue weighted by molar-refractivity contribution is 0.477. The van der Waals surface area contributed by atoms with Crippen LogP contribution in [0.1, 0.15) is 18.4 Å². The largest absolute Gasteiger partial charge is 0.256 e. The first kappa shape index (κ1) is 20.9. The molecule has 1 saturated heterocycles. The van der Waals surface area contributed by atoms with Crippen molar-refractivity contribution in [3.05, 3.63) is 66.4 Å². The van der Waals surface area contributed by atoms with E-state index < -0.39 is 20.0 Å². The molecular formula is C21H23N3O4S2. The van der Waals surface area contributed by atoms with Gasteiger partial charge in [-0.1, -0.05) is 24.3 Å². The van der Waals surface area contributed by atoms with E-state index in [1.165, 1.54) is 28.6 Å². The normalized spacial score (nSPS) is 15.6. The molecule has 0 unspecified atom stereocenters. The van der Waals surface area contributed by atoms with Gasteiger partial charge in [-0.15, -0.1) is 0 Å². The topological polar surface area (TPSA) is 96.4 Å². The lowest BCUT2D eigenvalue weighted by Crippen LogP contribution is -2.28. The highest BCUT2D eigenvalue weighted by atomic mass is 32.2. The van der Waals surface area contributed by atoms with Crippen molar-refractivity contribution in [1.82, 2.24) is 14.0 Å². The summed E-state index contributed by atoms with van der Waals surface area (Å²) in [5.74, 6) is 0. The number of nitrogens with one attached hydrogen (secondary N) is 1. The number of fused-ring (bicyclic) bond motifs is 1. The maximum Gasteiger partial charge on any atom is 0.243 e. The van der Waals surface area contributed by atoms with Crippen LogP contribution in [-0.2, 0) is 26.5 Å². The van der Waals surface area contributed by atoms with E-state index >= 15 is 0 Å². The molecule has 0 bridgehead atoms. The van der Waals surface area contributed by atoms with Gasteiger partial charge in [-0.05, 0) is 55.2 Å². The Morgan fingerprint density at radius 1 is 0.867 bits per heavy atom. The molecule has 1 aliphatic rings. The molecule has 0 atom stereocenters. The van der Waals surface area contributed by atoms with Gasteiger partial charge in [0.2, 0.25) is 20.0 Å². The van der Waals surface area contributed by atoms with Crippen LogP contribution in [0.3, 0.4) is 0 Å². The minimum absolute atomic E-state index is 0.0407. The van der Waals surface area contributed by atoms with Gasteiger partial charge in [-0.25, -0.2) is 21.6 Å². The van der Waals surface area contributed by atoms with E-state index in [-0.39, 0.29) is 16.3 Å². The maximum absolute atomic E-state index is 12.6. The second kappa shape index (κ2) is 8.43. The van der Waals surface area contributed by atoms with E-state index in [0.29, 0.717) is 19.5 Å². The molecule has 0 aliphatic carbocycles. The highest BCUT2D eigenvalue weighted by Gasteiger charge is 2.27. The van der Waals surface area contributed by atoms with E-state index in [0.717, 1.165) is 29.3 Å². The van der Waals surface area contributed by atoms with Crippen LogP contribution in [0.2, 0.25) is 0 Å². The summed E-state index contributed by atoms with van der Waals surface area (Å²) in [6, 6.07) is 15.0. The van der Waals surface area contributed by atoms with Crippen LogP contribution in [0, 0.1) is 0 Å². The quantitative estimate of drug-likeness (QED) is 0.603. The van der Waals surface area contributed by atoms with E-state index in [1.807, 2.05) is 30.3 Å². The smallest absolute Gasteiger partial charge is 0.243 e. The molecule has 4 rings (SSSR count). The minimum atomic E-state index is -3.74. The van der Waals surface area contributed by atoms with E-state index in [9.17, 15) is 16.8 Å². The van der Waals surface area contributed by atoms with Crippen molar-refractivity contribution < 1.29 is 16.8 Å². The van der Waals surface area contributed by atoms with Crippen LogP contribution in [0.15, 0.2) is 70.6 Å². The highest BCUT2D eigenvalue weighted by molar-refractivity contribution is 7.89. The molecule has 1 aliphatic heterocycles. The van der Waals surface area contributed by atoms with Gasteiger partial charge in [0.15, 0.2) is 0 Å². The van der Waals surface area contributed by atoms with Crippen LogP contribution in [0.5, 0.6) is 0 Å². The van der Waals surface area contributed by atoms with Crippen molar-refractivity contribution in [3.63, 3.8) is 0 Å². The first-order chi connectivity index (χ1) is 14.4. The molecule has 0 radical (unpaired) electrons. The third-order valence-electron chi connectivity index (χ3n) is 5.24. The lowest BCUT2D eigenvalue weighted by atomic mass is 10.1. The number of sulfonamides is 2. The number of benzene rings is 2. The molecule has 2 heterocycles. The molecule has 1 N–H and O–H groups in total. The van der Waals surface area contributed by atoms with Crippen LogP contribution in [-0.4, -0.2) is 45.8 Å². The predicted octanol–water partition coefficient (Wildman–Crippen LogP) is 2.54. The number of aromatic nitrogens is 1. The molecule has 7 nitrogen and oxygen atoms in total. The van der Waals surface area contributed by atoms with Crippen LogP contribution in [0.25, 0.3) is 10.9 Å². The Kier molecular flexibility index (Phi) is 5.88. The Balaban J connectivity index is 1.44. The Labute approximate surface area is 176 Å². The summed E-state index contributed by atoms with van der Waals surface area (Å²) in [4.78, 5) is 4.54. The van der Waals surface area contributed by atoms with Crippen LogP contribution in [0.4, 0.5) is 0 Å². The zero-order valence-corrected chi connectivity index (χ0v) is 18.0. The van der Waals surface area contributed by atoms with E-state index in [4.69, 9.17) is 0 Å². The number of nitrogens with zero attached hydrogens (tertiary/aromatic N) is 2. The molecule has 1 fully saturated rings. The van der Waals surface area contributed by atoms with Crippen LogP contribution < -0.4 is 4.72 Å². The molecule has 1 aromatic heterocycles. The fourth-order valence-electron chi connectivity index (χ4n) is 3.64. The zero-order valence-electron chi connectivity index (χ0n) is 16.4. The zero-order chi connectivity index (χ0) is 21.2. The number of hydrogen-bond donors (Lipinski definition) is 1. The maximum atomic E-state index is 12.6. The van der Waals surface area contributed by atoms with Gasteiger partial charge in [0.25, 0.3) is 0 Å². The van der Waals surface area contributed by atoms with Crippen LogP contribution >= 0.6 is 0 Å². The van der Waals surface area contributed by atoms with Crippen molar-refractivity contribution in [3.8, 4) is 0 Å². The average molecular weight is 446 g/mol. The van der Waals surface area contributed by atoms with Crippen molar-refractivity contribution >= 4 is 30.9 Å². The molecule has 9 heteroatoms. The molecule has 0 spiro atoms. The predicted molar refractivity (Wildman–Crippen MR) is 115 cm³/mol. The molecule has 0 amide bonds. The summed E-state index contributed by atoms with van der Waals surface area (Å²) in [5, 5.41) is 1.01. The molecule has 30 heavy (non-hydrogen) atoms. The van der Waals surface area contributed by atoms with Gasteiger partial charge in [0.1, 0.15) is 0 Å².